The number of hydrogen-bond donors (Lipinski definition) is 3. The number of halogens is 1. The molecule has 0 heterocycles. The van der Waals surface area contributed by atoms with E-state index in [0.717, 1.165) is 0 Å². The van der Waals surface area contributed by atoms with Gasteiger partial charge in [0.15, 0.2) is 0 Å². The van der Waals surface area contributed by atoms with Crippen molar-refractivity contribution in [2.45, 2.75) is 6.92 Å². The molecule has 1 amide bonds. The van der Waals surface area contributed by atoms with Crippen molar-refractivity contribution in [1.29, 1.82) is 0 Å². The number of rotatable bonds is 6. The Morgan fingerprint density at radius 2 is 2.11 bits per heavy atom. The molecular formula is C11H16FN3O3S. The fourth-order valence-electron chi connectivity index (χ4n) is 1.47. The number of sulfonamides is 1. The molecule has 1 aromatic rings. The number of anilines is 1. The number of primary sulfonamides is 1. The molecule has 0 aromatic heterocycles. The molecule has 0 aliphatic rings. The zero-order valence-corrected chi connectivity index (χ0v) is 11.3. The van der Waals surface area contributed by atoms with E-state index in [-0.39, 0.29) is 23.5 Å². The van der Waals surface area contributed by atoms with Crippen molar-refractivity contribution in [1.82, 2.24) is 5.32 Å². The number of carbonyl (C=O) groups excluding carboxylic acids is 1. The van der Waals surface area contributed by atoms with Gasteiger partial charge in [-0.15, -0.1) is 0 Å². The predicted molar refractivity (Wildman–Crippen MR) is 70.9 cm³/mol. The molecule has 1 aromatic carbocycles. The lowest BCUT2D eigenvalue weighted by Gasteiger charge is -2.11. The molecule has 0 aliphatic carbocycles. The number of benzene rings is 1. The van der Waals surface area contributed by atoms with E-state index in [2.05, 4.69) is 10.6 Å². The number of para-hydroxylation sites is 1. The van der Waals surface area contributed by atoms with Gasteiger partial charge in [-0.25, -0.2) is 17.9 Å². The molecule has 0 saturated heterocycles. The lowest BCUT2D eigenvalue weighted by Crippen LogP contribution is -2.32. The number of carbonyl (C=O) groups is 1. The molecule has 0 fully saturated rings. The van der Waals surface area contributed by atoms with E-state index in [4.69, 9.17) is 5.14 Å². The number of nitrogens with one attached hydrogen (secondary N) is 2. The Bertz CT molecular complexity index is 560. The molecule has 4 N–H and O–H groups in total. The summed E-state index contributed by atoms with van der Waals surface area (Å²) in [5, 5.41) is 9.94. The third-order valence-electron chi connectivity index (χ3n) is 2.28. The Hall–Kier alpha value is -1.67. The van der Waals surface area contributed by atoms with Crippen molar-refractivity contribution in [2.75, 3.05) is 24.2 Å². The number of amides is 1. The highest BCUT2D eigenvalue weighted by molar-refractivity contribution is 7.89. The second-order valence-corrected chi connectivity index (χ2v) is 5.55. The lowest BCUT2D eigenvalue weighted by atomic mass is 10.1. The first-order valence-electron chi connectivity index (χ1n) is 5.66. The summed E-state index contributed by atoms with van der Waals surface area (Å²) in [4.78, 5) is 11.8. The van der Waals surface area contributed by atoms with Crippen LogP contribution in [0.4, 0.5) is 10.1 Å². The molecule has 0 aliphatic heterocycles. The molecule has 0 atom stereocenters. The average Bonchev–Trinajstić information content (AvgIpc) is 2.30. The van der Waals surface area contributed by atoms with Crippen LogP contribution in [0.3, 0.4) is 0 Å². The highest BCUT2D eigenvalue weighted by atomic mass is 32.2. The van der Waals surface area contributed by atoms with Crippen LogP contribution in [-0.2, 0) is 10.0 Å². The zero-order chi connectivity index (χ0) is 14.5. The van der Waals surface area contributed by atoms with Crippen molar-refractivity contribution in [3.8, 4) is 0 Å². The fourth-order valence-corrected chi connectivity index (χ4v) is 1.86. The lowest BCUT2D eigenvalue weighted by molar-refractivity contribution is 0.0956. The molecule has 0 bridgehead atoms. The van der Waals surface area contributed by atoms with E-state index in [1.807, 2.05) is 0 Å². The Kier molecular flexibility index (Phi) is 5.25. The van der Waals surface area contributed by atoms with Crippen LogP contribution in [0.5, 0.6) is 0 Å². The van der Waals surface area contributed by atoms with Crippen LogP contribution in [0.15, 0.2) is 18.2 Å². The van der Waals surface area contributed by atoms with E-state index in [1.165, 1.54) is 18.2 Å². The highest BCUT2D eigenvalue weighted by Crippen LogP contribution is 2.19. The van der Waals surface area contributed by atoms with Gasteiger partial charge in [0.1, 0.15) is 5.82 Å². The van der Waals surface area contributed by atoms with Gasteiger partial charge in [-0.3, -0.25) is 4.79 Å². The zero-order valence-electron chi connectivity index (χ0n) is 10.4. The number of nitrogens with two attached hydrogens (primary N) is 1. The molecular weight excluding hydrogens is 273 g/mol. The third kappa shape index (κ3) is 4.84. The SMILES string of the molecule is CCNc1c(F)cccc1C(=O)NCCS(N)(=O)=O. The molecule has 0 radical (unpaired) electrons. The smallest absolute Gasteiger partial charge is 0.253 e. The second-order valence-electron chi connectivity index (χ2n) is 3.82. The van der Waals surface area contributed by atoms with Gasteiger partial charge in [0.05, 0.1) is 17.0 Å². The summed E-state index contributed by atoms with van der Waals surface area (Å²) in [5.74, 6) is -1.47. The summed E-state index contributed by atoms with van der Waals surface area (Å²) in [6, 6.07) is 4.09. The van der Waals surface area contributed by atoms with Crippen LogP contribution in [0.1, 0.15) is 17.3 Å². The van der Waals surface area contributed by atoms with Crippen molar-refractivity contribution in [3.05, 3.63) is 29.6 Å². The van der Waals surface area contributed by atoms with Gasteiger partial charge in [0, 0.05) is 13.1 Å². The highest BCUT2D eigenvalue weighted by Gasteiger charge is 2.14. The van der Waals surface area contributed by atoms with Gasteiger partial charge in [-0.2, -0.15) is 0 Å². The van der Waals surface area contributed by atoms with Gasteiger partial charge in [0.25, 0.3) is 5.91 Å². The molecule has 0 spiro atoms. The minimum Gasteiger partial charge on any atom is -0.382 e. The van der Waals surface area contributed by atoms with Gasteiger partial charge in [-0.05, 0) is 19.1 Å². The molecule has 0 saturated carbocycles. The van der Waals surface area contributed by atoms with Gasteiger partial charge >= 0.3 is 0 Å². The maximum Gasteiger partial charge on any atom is 0.253 e. The Balaban J connectivity index is 2.79. The first kappa shape index (κ1) is 15.4. The monoisotopic (exact) mass is 289 g/mol. The quantitative estimate of drug-likeness (QED) is 0.700. The van der Waals surface area contributed by atoms with Gasteiger partial charge in [0.2, 0.25) is 10.0 Å². The number of hydrogen-bond acceptors (Lipinski definition) is 4. The summed E-state index contributed by atoms with van der Waals surface area (Å²) in [6.07, 6.45) is 0. The Labute approximate surface area is 111 Å². The van der Waals surface area contributed by atoms with Crippen LogP contribution in [-0.4, -0.2) is 33.2 Å². The van der Waals surface area contributed by atoms with E-state index in [1.54, 1.807) is 6.92 Å². The van der Waals surface area contributed by atoms with Crippen LogP contribution in [0.25, 0.3) is 0 Å². The van der Waals surface area contributed by atoms with Gasteiger partial charge in [-0.1, -0.05) is 6.07 Å². The van der Waals surface area contributed by atoms with Crippen molar-refractivity contribution in [2.24, 2.45) is 5.14 Å². The summed E-state index contributed by atoms with van der Waals surface area (Å²) in [5.41, 5.74) is 0.217. The first-order valence-corrected chi connectivity index (χ1v) is 7.37. The second kappa shape index (κ2) is 6.48. The van der Waals surface area contributed by atoms with Crippen LogP contribution >= 0.6 is 0 Å². The molecule has 8 heteroatoms. The summed E-state index contributed by atoms with van der Waals surface area (Å²) < 4.78 is 35.0. The predicted octanol–water partition coefficient (Wildman–Crippen LogP) is 0.276. The van der Waals surface area contributed by atoms with E-state index in [0.29, 0.717) is 6.54 Å². The van der Waals surface area contributed by atoms with E-state index in [9.17, 15) is 17.6 Å². The van der Waals surface area contributed by atoms with Crippen molar-refractivity contribution < 1.29 is 17.6 Å². The first-order chi connectivity index (χ1) is 8.85. The Morgan fingerprint density at radius 1 is 1.42 bits per heavy atom. The summed E-state index contributed by atoms with van der Waals surface area (Å²) in [7, 11) is -3.63. The topological polar surface area (TPSA) is 101 Å². The van der Waals surface area contributed by atoms with Crippen molar-refractivity contribution >= 4 is 21.6 Å². The van der Waals surface area contributed by atoms with Gasteiger partial charge < -0.3 is 10.6 Å². The summed E-state index contributed by atoms with van der Waals surface area (Å²) >= 11 is 0. The minimum atomic E-state index is -3.63. The largest absolute Gasteiger partial charge is 0.382 e. The maximum absolute atomic E-state index is 13.6. The molecule has 6 nitrogen and oxygen atoms in total. The molecule has 19 heavy (non-hydrogen) atoms. The normalized spacial score (nSPS) is 11.1. The van der Waals surface area contributed by atoms with E-state index < -0.39 is 21.7 Å². The standard InChI is InChI=1S/C11H16FN3O3S/c1-2-14-10-8(4-3-5-9(10)12)11(16)15-6-7-19(13,17)18/h3-5,14H,2,6-7H2,1H3,(H,15,16)(H2,13,17,18). The maximum atomic E-state index is 13.6. The molecule has 106 valence electrons. The van der Waals surface area contributed by atoms with E-state index >= 15 is 0 Å². The van der Waals surface area contributed by atoms with Crippen molar-refractivity contribution in [3.63, 3.8) is 0 Å². The summed E-state index contributed by atoms with van der Waals surface area (Å²) in [6.45, 7) is 2.10. The minimum absolute atomic E-state index is 0.0955. The Morgan fingerprint density at radius 3 is 2.68 bits per heavy atom. The van der Waals surface area contributed by atoms with Crippen LogP contribution < -0.4 is 15.8 Å². The third-order valence-corrected chi connectivity index (χ3v) is 3.06. The average molecular weight is 289 g/mol. The fraction of sp³-hybridized carbons (Fsp3) is 0.364. The van der Waals surface area contributed by atoms with Crippen LogP contribution in [0.2, 0.25) is 0 Å². The molecule has 1 rings (SSSR count). The van der Waals surface area contributed by atoms with Crippen LogP contribution in [0, 0.1) is 5.82 Å². The molecule has 0 unspecified atom stereocenters.